The van der Waals surface area contributed by atoms with Gasteiger partial charge in [0.25, 0.3) is 0 Å². The minimum Gasteiger partial charge on any atom is -0.502 e. The molecule has 7 heteroatoms. The number of carbonyl (C=O) groups excluding carboxylic acids is 1. The van der Waals surface area contributed by atoms with E-state index in [1.165, 1.54) is 6.07 Å². The number of amides is 1. The molecule has 2 rings (SSSR count). The molecule has 1 saturated heterocycles. The number of carbonyl (C=O) groups is 1. The minimum absolute atomic E-state index is 0.102. The molecule has 2 heterocycles. The molecule has 7 nitrogen and oxygen atoms in total. The number of nitrogens with one attached hydrogen (secondary N) is 1. The fraction of sp³-hybridized carbons (Fsp3) is 0.571. The van der Waals surface area contributed by atoms with E-state index >= 15 is 0 Å². The number of rotatable bonds is 4. The maximum atomic E-state index is 12.1. The lowest BCUT2D eigenvalue weighted by Crippen LogP contribution is -2.52. The van der Waals surface area contributed by atoms with Gasteiger partial charge in [0.15, 0.2) is 5.75 Å². The zero-order valence-corrected chi connectivity index (χ0v) is 12.3. The molecule has 0 spiro atoms. The van der Waals surface area contributed by atoms with Crippen LogP contribution in [0.4, 0.5) is 0 Å². The number of hydrogen-bond donors (Lipinski definition) is 2. The Hall–Kier alpha value is -1.86. The average Bonchev–Trinajstić information content (AvgIpc) is 2.48. The van der Waals surface area contributed by atoms with Crippen LogP contribution in [0.3, 0.4) is 0 Å². The van der Waals surface area contributed by atoms with Gasteiger partial charge in [0.05, 0.1) is 12.6 Å². The molecule has 1 atom stereocenters. The van der Waals surface area contributed by atoms with Crippen LogP contribution in [0, 0.1) is 0 Å². The summed E-state index contributed by atoms with van der Waals surface area (Å²) in [5, 5.41) is 11.8. The van der Waals surface area contributed by atoms with E-state index < -0.39 is 11.2 Å². The third-order valence-corrected chi connectivity index (χ3v) is 3.77. The predicted molar refractivity (Wildman–Crippen MR) is 77.0 cm³/mol. The van der Waals surface area contributed by atoms with Crippen molar-refractivity contribution in [2.75, 3.05) is 33.2 Å². The summed E-state index contributed by atoms with van der Waals surface area (Å²) >= 11 is 0. The summed E-state index contributed by atoms with van der Waals surface area (Å²) in [5.41, 5.74) is -0.516. The van der Waals surface area contributed by atoms with E-state index in [1.807, 2.05) is 6.92 Å². The summed E-state index contributed by atoms with van der Waals surface area (Å²) in [7, 11) is 2.06. The Labute approximate surface area is 123 Å². The Balaban J connectivity index is 1.86. The average molecular weight is 295 g/mol. The minimum atomic E-state index is -0.516. The van der Waals surface area contributed by atoms with Crippen molar-refractivity contribution in [1.29, 1.82) is 0 Å². The van der Waals surface area contributed by atoms with Gasteiger partial charge in [-0.2, -0.15) is 0 Å². The van der Waals surface area contributed by atoms with Crippen molar-refractivity contribution < 1.29 is 14.3 Å². The van der Waals surface area contributed by atoms with Crippen LogP contribution in [-0.2, 0) is 11.3 Å². The number of aromatic hydroxyl groups is 1. The molecule has 0 aromatic carbocycles. The largest absolute Gasteiger partial charge is 0.502 e. The van der Waals surface area contributed by atoms with Crippen molar-refractivity contribution in [2.45, 2.75) is 19.5 Å². The second-order valence-corrected chi connectivity index (χ2v) is 5.33. The summed E-state index contributed by atoms with van der Waals surface area (Å²) in [6.07, 6.45) is 0.980. The highest BCUT2D eigenvalue weighted by Gasteiger charge is 2.24. The Morgan fingerprint density at radius 2 is 2.10 bits per heavy atom. The summed E-state index contributed by atoms with van der Waals surface area (Å²) in [4.78, 5) is 27.7. The molecule has 1 aliphatic heterocycles. The van der Waals surface area contributed by atoms with Crippen molar-refractivity contribution in [2.24, 2.45) is 0 Å². The summed E-state index contributed by atoms with van der Waals surface area (Å²) < 4.78 is 5.04. The standard InChI is InChI=1S/C14H21N3O4/c1-10(17-5-3-16(2)4-6-17)14(20)15-8-11-7-12(18)13(19)9-21-11/h7,9-10,19H,3-6,8H2,1-2H3,(H,15,20). The van der Waals surface area contributed by atoms with Gasteiger partial charge in [-0.05, 0) is 14.0 Å². The molecule has 1 fully saturated rings. The molecule has 1 aromatic heterocycles. The molecule has 2 N–H and O–H groups in total. The summed E-state index contributed by atoms with van der Waals surface area (Å²) in [5.74, 6) is -0.220. The summed E-state index contributed by atoms with van der Waals surface area (Å²) in [6, 6.07) is 0.957. The normalized spacial score (nSPS) is 18.4. The highest BCUT2D eigenvalue weighted by Crippen LogP contribution is 2.06. The van der Waals surface area contributed by atoms with E-state index in [4.69, 9.17) is 9.52 Å². The number of hydrogen-bond acceptors (Lipinski definition) is 6. The monoisotopic (exact) mass is 295 g/mol. The first-order valence-corrected chi connectivity index (χ1v) is 6.98. The zero-order valence-electron chi connectivity index (χ0n) is 12.3. The Morgan fingerprint density at radius 1 is 1.43 bits per heavy atom. The number of nitrogens with zero attached hydrogens (tertiary/aromatic N) is 2. The van der Waals surface area contributed by atoms with Crippen molar-refractivity contribution in [3.05, 3.63) is 28.3 Å². The second kappa shape index (κ2) is 6.73. The molecule has 116 valence electrons. The van der Waals surface area contributed by atoms with Crippen LogP contribution in [0.25, 0.3) is 0 Å². The third kappa shape index (κ3) is 4.05. The van der Waals surface area contributed by atoms with Crippen LogP contribution in [0.15, 0.2) is 21.5 Å². The van der Waals surface area contributed by atoms with Crippen LogP contribution >= 0.6 is 0 Å². The molecule has 1 aromatic rings. The zero-order chi connectivity index (χ0) is 15.4. The van der Waals surface area contributed by atoms with E-state index in [0.29, 0.717) is 5.76 Å². The highest BCUT2D eigenvalue weighted by molar-refractivity contribution is 5.81. The van der Waals surface area contributed by atoms with Gasteiger partial charge in [-0.3, -0.25) is 14.5 Å². The molecular weight excluding hydrogens is 274 g/mol. The van der Waals surface area contributed by atoms with Crippen molar-refractivity contribution in [3.8, 4) is 5.75 Å². The Bertz CT molecular complexity index is 549. The fourth-order valence-corrected chi connectivity index (χ4v) is 2.23. The molecule has 1 amide bonds. The lowest BCUT2D eigenvalue weighted by Gasteiger charge is -2.35. The van der Waals surface area contributed by atoms with E-state index in [0.717, 1.165) is 32.4 Å². The fourth-order valence-electron chi connectivity index (χ4n) is 2.23. The lowest BCUT2D eigenvalue weighted by molar-refractivity contribution is -0.126. The Morgan fingerprint density at radius 3 is 2.71 bits per heavy atom. The van der Waals surface area contributed by atoms with Crippen LogP contribution in [0.1, 0.15) is 12.7 Å². The third-order valence-electron chi connectivity index (χ3n) is 3.77. The van der Waals surface area contributed by atoms with Gasteiger partial charge >= 0.3 is 0 Å². The maximum absolute atomic E-state index is 12.1. The molecule has 0 saturated carbocycles. The van der Waals surface area contributed by atoms with Gasteiger partial charge in [-0.1, -0.05) is 0 Å². The molecule has 1 unspecified atom stereocenters. The Kier molecular flexibility index (Phi) is 4.98. The molecule has 21 heavy (non-hydrogen) atoms. The van der Waals surface area contributed by atoms with Gasteiger partial charge in [0, 0.05) is 32.2 Å². The highest BCUT2D eigenvalue weighted by atomic mass is 16.4. The molecule has 1 aliphatic rings. The molecule has 0 radical (unpaired) electrons. The summed E-state index contributed by atoms with van der Waals surface area (Å²) in [6.45, 7) is 5.62. The van der Waals surface area contributed by atoms with Crippen LogP contribution < -0.4 is 10.7 Å². The van der Waals surface area contributed by atoms with Crippen LogP contribution in [0.2, 0.25) is 0 Å². The first-order valence-electron chi connectivity index (χ1n) is 6.98. The van der Waals surface area contributed by atoms with Crippen molar-refractivity contribution in [3.63, 3.8) is 0 Å². The molecular formula is C14H21N3O4. The predicted octanol–water partition coefficient (Wildman–Crippen LogP) is -0.402. The second-order valence-electron chi connectivity index (χ2n) is 5.33. The maximum Gasteiger partial charge on any atom is 0.237 e. The molecule has 0 bridgehead atoms. The van der Waals surface area contributed by atoms with Gasteiger partial charge in [0.2, 0.25) is 11.3 Å². The number of piperazine rings is 1. The first-order chi connectivity index (χ1) is 9.97. The quantitative estimate of drug-likeness (QED) is 0.786. The van der Waals surface area contributed by atoms with Gasteiger partial charge in [-0.15, -0.1) is 0 Å². The van der Waals surface area contributed by atoms with Gasteiger partial charge in [-0.25, -0.2) is 0 Å². The lowest BCUT2D eigenvalue weighted by atomic mass is 10.2. The SMILES string of the molecule is CC(C(=O)NCc1cc(=O)c(O)co1)N1CCN(C)CC1. The van der Waals surface area contributed by atoms with E-state index in [1.54, 1.807) is 0 Å². The van der Waals surface area contributed by atoms with E-state index in [9.17, 15) is 9.59 Å². The van der Waals surface area contributed by atoms with Crippen LogP contribution in [-0.4, -0.2) is 60.1 Å². The van der Waals surface area contributed by atoms with Gasteiger partial charge in [0.1, 0.15) is 12.0 Å². The van der Waals surface area contributed by atoms with E-state index in [-0.39, 0.29) is 18.5 Å². The number of likely N-dealkylation sites (N-methyl/N-ethyl adjacent to an activating group) is 1. The van der Waals surface area contributed by atoms with E-state index in [2.05, 4.69) is 22.2 Å². The first kappa shape index (κ1) is 15.5. The topological polar surface area (TPSA) is 86.0 Å². The molecule has 0 aliphatic carbocycles. The smallest absolute Gasteiger partial charge is 0.237 e. The van der Waals surface area contributed by atoms with Crippen LogP contribution in [0.5, 0.6) is 5.75 Å². The van der Waals surface area contributed by atoms with Crippen molar-refractivity contribution in [1.82, 2.24) is 15.1 Å². The van der Waals surface area contributed by atoms with Gasteiger partial charge < -0.3 is 19.7 Å². The van der Waals surface area contributed by atoms with Crippen molar-refractivity contribution >= 4 is 5.91 Å².